The van der Waals surface area contributed by atoms with E-state index in [0.29, 0.717) is 22.4 Å². The second-order valence-corrected chi connectivity index (χ2v) is 4.23. The molecular formula is C13H14ClN3O. The molecule has 0 saturated carbocycles. The van der Waals surface area contributed by atoms with Crippen LogP contribution >= 0.6 is 11.6 Å². The van der Waals surface area contributed by atoms with Gasteiger partial charge in [-0.2, -0.15) is 0 Å². The number of nitrogens with two attached hydrogens (primary N) is 1. The Morgan fingerprint density at radius 1 is 1.28 bits per heavy atom. The van der Waals surface area contributed by atoms with Gasteiger partial charge in [-0.05, 0) is 18.2 Å². The van der Waals surface area contributed by atoms with E-state index in [-0.39, 0.29) is 0 Å². The normalized spacial score (nSPS) is 10.4. The highest BCUT2D eigenvalue weighted by molar-refractivity contribution is 6.30. The summed E-state index contributed by atoms with van der Waals surface area (Å²) >= 11 is 6.01. The van der Waals surface area contributed by atoms with Crippen LogP contribution in [0.1, 0.15) is 12.7 Å². The molecule has 0 amide bonds. The first-order chi connectivity index (χ1) is 8.63. The molecule has 0 aliphatic heterocycles. The Balaban J connectivity index is 2.60. The fourth-order valence-corrected chi connectivity index (χ4v) is 1.87. The molecule has 1 heterocycles. The van der Waals surface area contributed by atoms with Crippen molar-refractivity contribution in [1.29, 1.82) is 0 Å². The molecule has 0 aliphatic carbocycles. The van der Waals surface area contributed by atoms with Crippen LogP contribution < -0.4 is 10.5 Å². The zero-order valence-corrected chi connectivity index (χ0v) is 11.0. The van der Waals surface area contributed by atoms with E-state index in [1.165, 1.54) is 0 Å². The van der Waals surface area contributed by atoms with Gasteiger partial charge in [-0.3, -0.25) is 0 Å². The van der Waals surface area contributed by atoms with Crippen molar-refractivity contribution in [3.05, 3.63) is 35.1 Å². The van der Waals surface area contributed by atoms with Gasteiger partial charge in [-0.25, -0.2) is 9.97 Å². The van der Waals surface area contributed by atoms with E-state index in [4.69, 9.17) is 22.1 Å². The molecule has 2 rings (SSSR count). The van der Waals surface area contributed by atoms with E-state index >= 15 is 0 Å². The molecule has 0 unspecified atom stereocenters. The van der Waals surface area contributed by atoms with Crippen molar-refractivity contribution in [1.82, 2.24) is 9.97 Å². The lowest BCUT2D eigenvalue weighted by molar-refractivity contribution is 0.416. The monoisotopic (exact) mass is 263 g/mol. The van der Waals surface area contributed by atoms with E-state index in [2.05, 4.69) is 9.97 Å². The second-order valence-electron chi connectivity index (χ2n) is 3.79. The van der Waals surface area contributed by atoms with Crippen LogP contribution in [0.25, 0.3) is 11.3 Å². The third-order valence-corrected chi connectivity index (χ3v) is 2.78. The van der Waals surface area contributed by atoms with Crippen LogP contribution in [-0.2, 0) is 6.42 Å². The van der Waals surface area contributed by atoms with Crippen LogP contribution in [0.15, 0.2) is 24.3 Å². The zero-order valence-electron chi connectivity index (χ0n) is 10.3. The first kappa shape index (κ1) is 12.6. The van der Waals surface area contributed by atoms with Gasteiger partial charge in [0, 0.05) is 23.1 Å². The maximum absolute atomic E-state index is 6.01. The van der Waals surface area contributed by atoms with E-state index in [1.807, 2.05) is 19.1 Å². The highest BCUT2D eigenvalue weighted by Gasteiger charge is 2.10. The van der Waals surface area contributed by atoms with Gasteiger partial charge in [0.1, 0.15) is 17.4 Å². The van der Waals surface area contributed by atoms with Crippen molar-refractivity contribution in [2.24, 2.45) is 0 Å². The molecule has 1 aromatic heterocycles. The van der Waals surface area contributed by atoms with Crippen LogP contribution in [-0.4, -0.2) is 17.1 Å². The number of hydrogen-bond acceptors (Lipinski definition) is 4. The molecule has 0 spiro atoms. The predicted molar refractivity (Wildman–Crippen MR) is 72.8 cm³/mol. The molecule has 5 heteroatoms. The standard InChI is InChI=1S/C13H14ClN3O/c1-3-13-16-10(7-12(15)17-13)9-6-8(14)4-5-11(9)18-2/h4-7H,3H2,1-2H3,(H2,15,16,17). The number of methoxy groups -OCH3 is 1. The summed E-state index contributed by atoms with van der Waals surface area (Å²) in [5.74, 6) is 1.85. The zero-order chi connectivity index (χ0) is 13.1. The van der Waals surface area contributed by atoms with Crippen molar-refractivity contribution in [3.63, 3.8) is 0 Å². The van der Waals surface area contributed by atoms with Crippen LogP contribution in [0.5, 0.6) is 5.75 Å². The molecule has 94 valence electrons. The summed E-state index contributed by atoms with van der Waals surface area (Å²) < 4.78 is 5.31. The third-order valence-electron chi connectivity index (χ3n) is 2.55. The summed E-state index contributed by atoms with van der Waals surface area (Å²) in [5.41, 5.74) is 7.31. The molecular weight excluding hydrogens is 250 g/mol. The Labute approximate surface area is 111 Å². The quantitative estimate of drug-likeness (QED) is 0.925. The number of halogens is 1. The van der Waals surface area contributed by atoms with Gasteiger partial charge >= 0.3 is 0 Å². The Morgan fingerprint density at radius 2 is 2.06 bits per heavy atom. The number of rotatable bonds is 3. The second kappa shape index (κ2) is 5.23. The van der Waals surface area contributed by atoms with Crippen LogP contribution in [0.4, 0.5) is 5.82 Å². The smallest absolute Gasteiger partial charge is 0.131 e. The molecule has 2 aromatic rings. The Morgan fingerprint density at radius 3 is 2.72 bits per heavy atom. The maximum atomic E-state index is 6.01. The van der Waals surface area contributed by atoms with Gasteiger partial charge < -0.3 is 10.5 Å². The summed E-state index contributed by atoms with van der Waals surface area (Å²) in [6.07, 6.45) is 0.723. The van der Waals surface area contributed by atoms with E-state index in [1.54, 1.807) is 19.2 Å². The number of aromatic nitrogens is 2. The highest BCUT2D eigenvalue weighted by Crippen LogP contribution is 2.31. The van der Waals surface area contributed by atoms with E-state index in [9.17, 15) is 0 Å². The lowest BCUT2D eigenvalue weighted by Gasteiger charge is -2.09. The van der Waals surface area contributed by atoms with Gasteiger partial charge in [-0.1, -0.05) is 18.5 Å². The number of nitrogens with zero attached hydrogens (tertiary/aromatic N) is 2. The van der Waals surface area contributed by atoms with Crippen LogP contribution in [0.2, 0.25) is 5.02 Å². The van der Waals surface area contributed by atoms with Gasteiger partial charge in [0.2, 0.25) is 0 Å². The molecule has 0 bridgehead atoms. The summed E-state index contributed by atoms with van der Waals surface area (Å²) in [6, 6.07) is 7.10. The third kappa shape index (κ3) is 2.54. The fraction of sp³-hybridized carbons (Fsp3) is 0.231. The minimum absolute atomic E-state index is 0.443. The molecule has 0 atom stereocenters. The molecule has 18 heavy (non-hydrogen) atoms. The molecule has 0 saturated heterocycles. The number of ether oxygens (including phenoxy) is 1. The highest BCUT2D eigenvalue weighted by atomic mass is 35.5. The average Bonchev–Trinajstić information content (AvgIpc) is 2.38. The van der Waals surface area contributed by atoms with Gasteiger partial charge in [0.15, 0.2) is 0 Å². The summed E-state index contributed by atoms with van der Waals surface area (Å²) in [5, 5.41) is 0.626. The number of aryl methyl sites for hydroxylation is 1. The lowest BCUT2D eigenvalue weighted by atomic mass is 10.1. The number of anilines is 1. The van der Waals surface area contributed by atoms with E-state index < -0.39 is 0 Å². The van der Waals surface area contributed by atoms with Crippen molar-refractivity contribution in [2.45, 2.75) is 13.3 Å². The topological polar surface area (TPSA) is 61.0 Å². The SMILES string of the molecule is CCc1nc(N)cc(-c2cc(Cl)ccc2OC)n1. The van der Waals surface area contributed by atoms with Crippen LogP contribution in [0, 0.1) is 0 Å². The Kier molecular flexibility index (Phi) is 3.67. The summed E-state index contributed by atoms with van der Waals surface area (Å²) in [4.78, 5) is 8.59. The van der Waals surface area contributed by atoms with E-state index in [0.717, 1.165) is 17.7 Å². The number of benzene rings is 1. The summed E-state index contributed by atoms with van der Waals surface area (Å²) in [7, 11) is 1.61. The first-order valence-corrected chi connectivity index (χ1v) is 5.99. The van der Waals surface area contributed by atoms with Crippen molar-refractivity contribution in [2.75, 3.05) is 12.8 Å². The molecule has 2 N–H and O–H groups in total. The lowest BCUT2D eigenvalue weighted by Crippen LogP contribution is -2.01. The largest absolute Gasteiger partial charge is 0.496 e. The first-order valence-electron chi connectivity index (χ1n) is 5.61. The average molecular weight is 264 g/mol. The van der Waals surface area contributed by atoms with Gasteiger partial charge in [0.05, 0.1) is 12.8 Å². The Hall–Kier alpha value is -1.81. The molecule has 0 aliphatic rings. The summed E-state index contributed by atoms with van der Waals surface area (Å²) in [6.45, 7) is 1.98. The van der Waals surface area contributed by atoms with Crippen molar-refractivity contribution < 1.29 is 4.74 Å². The molecule has 1 aromatic carbocycles. The maximum Gasteiger partial charge on any atom is 0.131 e. The Bertz CT molecular complexity index is 572. The minimum atomic E-state index is 0.443. The number of nitrogen functional groups attached to an aromatic ring is 1. The molecule has 0 radical (unpaired) electrons. The van der Waals surface area contributed by atoms with Gasteiger partial charge in [0.25, 0.3) is 0 Å². The fourth-order valence-electron chi connectivity index (χ4n) is 1.69. The van der Waals surface area contributed by atoms with Gasteiger partial charge in [-0.15, -0.1) is 0 Å². The number of hydrogen-bond donors (Lipinski definition) is 1. The molecule has 4 nitrogen and oxygen atoms in total. The minimum Gasteiger partial charge on any atom is -0.496 e. The molecule has 0 fully saturated rings. The van der Waals surface area contributed by atoms with Crippen molar-refractivity contribution in [3.8, 4) is 17.0 Å². The van der Waals surface area contributed by atoms with Crippen LogP contribution in [0.3, 0.4) is 0 Å². The predicted octanol–water partition coefficient (Wildman–Crippen LogP) is 2.95. The van der Waals surface area contributed by atoms with Crippen molar-refractivity contribution >= 4 is 17.4 Å².